The predicted molar refractivity (Wildman–Crippen MR) is 86.8 cm³/mol. The monoisotopic (exact) mass is 310 g/mol. The third-order valence-corrected chi connectivity index (χ3v) is 4.05. The number of imidazole rings is 1. The minimum Gasteiger partial charge on any atom is -0.297 e. The van der Waals surface area contributed by atoms with Gasteiger partial charge < -0.3 is 0 Å². The molecule has 8 heteroatoms. The minimum atomic E-state index is -0.401. The summed E-state index contributed by atoms with van der Waals surface area (Å²) >= 11 is 0. The third kappa shape index (κ3) is 1.84. The number of nitrogens with one attached hydrogen (secondary N) is 1. The molecular weight excluding hydrogens is 296 g/mol. The zero-order valence-corrected chi connectivity index (χ0v) is 12.6. The van der Waals surface area contributed by atoms with Crippen molar-refractivity contribution < 1.29 is 0 Å². The van der Waals surface area contributed by atoms with Gasteiger partial charge in [-0.2, -0.15) is 10.1 Å². The highest BCUT2D eigenvalue weighted by molar-refractivity contribution is 6.02. The van der Waals surface area contributed by atoms with E-state index < -0.39 is 5.69 Å². The van der Waals surface area contributed by atoms with Gasteiger partial charge in [0.2, 0.25) is 5.95 Å². The molecule has 1 aliphatic rings. The van der Waals surface area contributed by atoms with E-state index in [4.69, 9.17) is 0 Å². The van der Waals surface area contributed by atoms with Crippen LogP contribution in [0, 0.1) is 0 Å². The lowest BCUT2D eigenvalue weighted by Gasteiger charge is -2.16. The molecular formula is C15H14N6O2. The zero-order valence-electron chi connectivity index (χ0n) is 12.6. The van der Waals surface area contributed by atoms with Gasteiger partial charge in [-0.25, -0.2) is 10.2 Å². The fourth-order valence-corrected chi connectivity index (χ4v) is 2.77. The zero-order chi connectivity index (χ0) is 16.1. The van der Waals surface area contributed by atoms with Crippen molar-refractivity contribution in [1.29, 1.82) is 0 Å². The van der Waals surface area contributed by atoms with Crippen molar-refractivity contribution in [1.82, 2.24) is 18.7 Å². The summed E-state index contributed by atoms with van der Waals surface area (Å²) in [6.07, 6.45) is 0. The first-order chi connectivity index (χ1) is 11.1. The summed E-state index contributed by atoms with van der Waals surface area (Å²) in [6.45, 7) is 0.413. The highest BCUT2D eigenvalue weighted by Crippen LogP contribution is 2.20. The van der Waals surface area contributed by atoms with E-state index in [-0.39, 0.29) is 5.56 Å². The van der Waals surface area contributed by atoms with Crippen LogP contribution in [0.2, 0.25) is 0 Å². The van der Waals surface area contributed by atoms with Crippen LogP contribution < -0.4 is 16.7 Å². The lowest BCUT2D eigenvalue weighted by Crippen LogP contribution is -2.37. The molecule has 0 amide bonds. The van der Waals surface area contributed by atoms with Gasteiger partial charge in [0.15, 0.2) is 11.2 Å². The first kappa shape index (κ1) is 13.5. The maximum absolute atomic E-state index is 12.5. The van der Waals surface area contributed by atoms with Gasteiger partial charge in [0, 0.05) is 14.1 Å². The van der Waals surface area contributed by atoms with Crippen LogP contribution in [-0.2, 0) is 20.6 Å². The molecule has 0 saturated heterocycles. The molecule has 8 nitrogen and oxygen atoms in total. The molecule has 3 aromatic rings. The summed E-state index contributed by atoms with van der Waals surface area (Å²) in [5.74, 6) is 0.456. The number of fused-ring (bicyclic) bond motifs is 3. The number of rotatable bonds is 1. The molecule has 23 heavy (non-hydrogen) atoms. The molecule has 0 radical (unpaired) electrons. The number of hydrazone groups is 1. The molecule has 1 N–H and O–H groups in total. The van der Waals surface area contributed by atoms with Gasteiger partial charge in [-0.3, -0.25) is 18.5 Å². The Hall–Kier alpha value is -3.16. The molecule has 0 atom stereocenters. The van der Waals surface area contributed by atoms with Crippen LogP contribution in [0.4, 0.5) is 5.95 Å². The highest BCUT2D eigenvalue weighted by Gasteiger charge is 2.22. The Bertz CT molecular complexity index is 1070. The summed E-state index contributed by atoms with van der Waals surface area (Å²) < 4.78 is 4.21. The van der Waals surface area contributed by atoms with E-state index >= 15 is 0 Å². The van der Waals surface area contributed by atoms with Crippen LogP contribution >= 0.6 is 0 Å². The lowest BCUT2D eigenvalue weighted by molar-refractivity contribution is 0.704. The fourth-order valence-electron chi connectivity index (χ4n) is 2.77. The van der Waals surface area contributed by atoms with Crippen molar-refractivity contribution in [2.24, 2.45) is 19.2 Å². The SMILES string of the molecule is Cn1c(=O)c2c(nc3n2CC(c2ccccc2)=NN3)n(C)c1=O. The van der Waals surface area contributed by atoms with E-state index in [1.165, 1.54) is 11.6 Å². The Morgan fingerprint density at radius 2 is 1.83 bits per heavy atom. The summed E-state index contributed by atoms with van der Waals surface area (Å²) in [5, 5.41) is 4.33. The quantitative estimate of drug-likeness (QED) is 0.699. The smallest absolute Gasteiger partial charge is 0.297 e. The van der Waals surface area contributed by atoms with Gasteiger partial charge in [0.05, 0.1) is 12.3 Å². The Balaban J connectivity index is 1.94. The van der Waals surface area contributed by atoms with E-state index in [9.17, 15) is 9.59 Å². The molecule has 0 aliphatic carbocycles. The van der Waals surface area contributed by atoms with Gasteiger partial charge in [-0.15, -0.1) is 0 Å². The van der Waals surface area contributed by atoms with E-state index in [2.05, 4.69) is 15.5 Å². The van der Waals surface area contributed by atoms with E-state index in [0.717, 1.165) is 15.8 Å². The second-order valence-electron chi connectivity index (χ2n) is 5.44. The average molecular weight is 310 g/mol. The van der Waals surface area contributed by atoms with E-state index in [0.29, 0.717) is 23.7 Å². The number of aryl methyl sites for hydroxylation is 1. The first-order valence-electron chi connectivity index (χ1n) is 7.12. The molecule has 3 heterocycles. The van der Waals surface area contributed by atoms with Crippen LogP contribution in [0.15, 0.2) is 45.0 Å². The molecule has 0 fully saturated rings. The number of hydrogen-bond donors (Lipinski definition) is 1. The van der Waals surface area contributed by atoms with Crippen LogP contribution in [0.25, 0.3) is 11.2 Å². The molecule has 2 aromatic heterocycles. The second kappa shape index (κ2) is 4.67. The third-order valence-electron chi connectivity index (χ3n) is 4.05. The molecule has 4 rings (SSSR count). The Morgan fingerprint density at radius 3 is 2.57 bits per heavy atom. The first-order valence-corrected chi connectivity index (χ1v) is 7.12. The van der Waals surface area contributed by atoms with Crippen molar-refractivity contribution in [3.05, 3.63) is 56.7 Å². The average Bonchev–Trinajstić information content (AvgIpc) is 2.97. The van der Waals surface area contributed by atoms with Gasteiger partial charge >= 0.3 is 5.69 Å². The summed E-state index contributed by atoms with van der Waals surface area (Å²) in [6, 6.07) is 9.71. The van der Waals surface area contributed by atoms with Gasteiger partial charge in [0.1, 0.15) is 0 Å². The number of anilines is 1. The van der Waals surface area contributed by atoms with Crippen molar-refractivity contribution in [2.45, 2.75) is 6.54 Å². The Morgan fingerprint density at radius 1 is 1.09 bits per heavy atom. The maximum Gasteiger partial charge on any atom is 0.332 e. The topological polar surface area (TPSA) is 86.2 Å². The van der Waals surface area contributed by atoms with E-state index in [1.807, 2.05) is 30.3 Å². The fraction of sp³-hybridized carbons (Fsp3) is 0.200. The van der Waals surface area contributed by atoms with Crippen LogP contribution in [0.3, 0.4) is 0 Å². The highest BCUT2D eigenvalue weighted by atomic mass is 16.2. The van der Waals surface area contributed by atoms with Crippen LogP contribution in [0.1, 0.15) is 5.56 Å². The number of benzene rings is 1. The second-order valence-corrected chi connectivity index (χ2v) is 5.44. The Labute approximate surface area is 130 Å². The van der Waals surface area contributed by atoms with Crippen molar-refractivity contribution in [2.75, 3.05) is 5.43 Å². The molecule has 0 saturated carbocycles. The molecule has 0 unspecified atom stereocenters. The van der Waals surface area contributed by atoms with Crippen molar-refractivity contribution >= 4 is 22.8 Å². The largest absolute Gasteiger partial charge is 0.332 e. The molecule has 116 valence electrons. The number of hydrogen-bond acceptors (Lipinski definition) is 5. The molecule has 0 bridgehead atoms. The van der Waals surface area contributed by atoms with Crippen LogP contribution in [0.5, 0.6) is 0 Å². The minimum absolute atomic E-state index is 0.352. The maximum atomic E-state index is 12.5. The summed E-state index contributed by atoms with van der Waals surface area (Å²) in [5.41, 5.74) is 4.61. The van der Waals surface area contributed by atoms with Crippen molar-refractivity contribution in [3.63, 3.8) is 0 Å². The molecule has 0 spiro atoms. The summed E-state index contributed by atoms with van der Waals surface area (Å²) in [7, 11) is 3.06. The van der Waals surface area contributed by atoms with Crippen LogP contribution in [-0.4, -0.2) is 24.4 Å². The van der Waals surface area contributed by atoms with Gasteiger partial charge in [0.25, 0.3) is 5.56 Å². The van der Waals surface area contributed by atoms with Gasteiger partial charge in [-0.05, 0) is 5.56 Å². The normalized spacial score (nSPS) is 13.6. The standard InChI is InChI=1S/C15H14N6O2/c1-19-12-11(13(22)20(2)15(19)23)21-8-10(17-18-14(21)16-12)9-6-4-3-5-7-9/h3-7H,8H2,1-2H3,(H,16,18). The lowest BCUT2D eigenvalue weighted by atomic mass is 10.1. The van der Waals surface area contributed by atoms with E-state index in [1.54, 1.807) is 11.6 Å². The molecule has 1 aromatic carbocycles. The summed E-state index contributed by atoms with van der Waals surface area (Å²) in [4.78, 5) is 28.9. The van der Waals surface area contributed by atoms with Gasteiger partial charge in [-0.1, -0.05) is 30.3 Å². The number of nitrogens with zero attached hydrogens (tertiary/aromatic N) is 5. The number of aromatic nitrogens is 4. The predicted octanol–water partition coefficient (Wildman–Crippen LogP) is 0.264. The van der Waals surface area contributed by atoms with Crippen molar-refractivity contribution in [3.8, 4) is 0 Å². The molecule has 1 aliphatic heterocycles. The Kier molecular flexibility index (Phi) is 2.74.